The van der Waals surface area contributed by atoms with E-state index in [4.69, 9.17) is 9.47 Å². The van der Waals surface area contributed by atoms with E-state index in [2.05, 4.69) is 4.98 Å². The fourth-order valence-corrected chi connectivity index (χ4v) is 3.33. The number of morpholine rings is 1. The zero-order chi connectivity index (χ0) is 20.2. The number of carbonyl (C=O) groups excluding carboxylic acids is 2. The Hall–Kier alpha value is -3.45. The molecule has 7 heteroatoms. The second-order valence-corrected chi connectivity index (χ2v) is 6.73. The van der Waals surface area contributed by atoms with Gasteiger partial charge in [0.15, 0.2) is 0 Å². The summed E-state index contributed by atoms with van der Waals surface area (Å²) >= 11 is 0. The van der Waals surface area contributed by atoms with Crippen LogP contribution in [0.5, 0.6) is 0 Å². The van der Waals surface area contributed by atoms with E-state index in [9.17, 15) is 14.4 Å². The maximum Gasteiger partial charge on any atom is 0.355 e. The van der Waals surface area contributed by atoms with Gasteiger partial charge < -0.3 is 19.4 Å². The first kappa shape index (κ1) is 18.9. The molecule has 4 rings (SSSR count). The van der Waals surface area contributed by atoms with Crippen molar-refractivity contribution in [2.75, 3.05) is 26.3 Å². The first-order valence-electron chi connectivity index (χ1n) is 9.38. The summed E-state index contributed by atoms with van der Waals surface area (Å²) in [5, 5.41) is 1.10. The van der Waals surface area contributed by atoms with Crippen LogP contribution in [0.2, 0.25) is 0 Å². The lowest BCUT2D eigenvalue weighted by Gasteiger charge is -2.30. The van der Waals surface area contributed by atoms with Crippen LogP contribution >= 0.6 is 0 Å². The molecular weight excluding hydrogens is 372 g/mol. The Bertz CT molecular complexity index is 1090. The van der Waals surface area contributed by atoms with Crippen LogP contribution in [0.1, 0.15) is 22.2 Å². The number of rotatable bonds is 4. The van der Waals surface area contributed by atoms with E-state index in [1.165, 1.54) is 0 Å². The number of hydrogen-bond donors (Lipinski definition) is 1. The lowest BCUT2D eigenvalue weighted by molar-refractivity contribution is -0.145. The number of carbonyl (C=O) groups is 2. The number of esters is 1. The minimum Gasteiger partial charge on any atom is -0.443 e. The van der Waals surface area contributed by atoms with Crippen LogP contribution in [0.15, 0.2) is 65.5 Å². The summed E-state index contributed by atoms with van der Waals surface area (Å²) in [5.74, 6) is -1.07. The van der Waals surface area contributed by atoms with Crippen molar-refractivity contribution in [2.45, 2.75) is 6.10 Å². The van der Waals surface area contributed by atoms with Crippen molar-refractivity contribution >= 4 is 22.6 Å². The smallest absolute Gasteiger partial charge is 0.355 e. The molecule has 0 bridgehead atoms. The predicted molar refractivity (Wildman–Crippen MR) is 107 cm³/mol. The van der Waals surface area contributed by atoms with E-state index >= 15 is 0 Å². The summed E-state index contributed by atoms with van der Waals surface area (Å²) in [4.78, 5) is 42.4. The highest BCUT2D eigenvalue weighted by Crippen LogP contribution is 2.23. The van der Waals surface area contributed by atoms with E-state index in [-0.39, 0.29) is 17.2 Å². The number of aromatic amines is 1. The quantitative estimate of drug-likeness (QED) is 0.688. The molecule has 148 valence electrons. The molecule has 2 aromatic carbocycles. The molecule has 1 N–H and O–H groups in total. The van der Waals surface area contributed by atoms with Crippen LogP contribution in [0.3, 0.4) is 0 Å². The van der Waals surface area contributed by atoms with Gasteiger partial charge in [-0.25, -0.2) is 4.79 Å². The van der Waals surface area contributed by atoms with Gasteiger partial charge in [-0.2, -0.15) is 0 Å². The molecule has 1 saturated heterocycles. The summed E-state index contributed by atoms with van der Waals surface area (Å²) < 4.78 is 10.9. The second kappa shape index (κ2) is 8.28. The van der Waals surface area contributed by atoms with Gasteiger partial charge in [-0.3, -0.25) is 9.59 Å². The summed E-state index contributed by atoms with van der Waals surface area (Å²) in [6, 6.07) is 17.4. The van der Waals surface area contributed by atoms with Crippen molar-refractivity contribution in [3.63, 3.8) is 0 Å². The zero-order valence-electron chi connectivity index (χ0n) is 15.7. The summed E-state index contributed by atoms with van der Waals surface area (Å²) in [5.41, 5.74) is 0.190. The van der Waals surface area contributed by atoms with Gasteiger partial charge in [0.05, 0.1) is 13.2 Å². The Morgan fingerprint density at radius 2 is 1.69 bits per heavy atom. The highest BCUT2D eigenvalue weighted by atomic mass is 16.5. The van der Waals surface area contributed by atoms with Crippen LogP contribution < -0.4 is 5.56 Å². The Labute approximate surface area is 166 Å². The number of nitrogens with zero attached hydrogens (tertiary/aromatic N) is 1. The fraction of sp³-hybridized carbons (Fsp3) is 0.227. The van der Waals surface area contributed by atoms with E-state index < -0.39 is 12.1 Å². The van der Waals surface area contributed by atoms with Crippen molar-refractivity contribution in [3.05, 3.63) is 82.3 Å². The molecule has 3 aromatic rings. The number of benzene rings is 2. The zero-order valence-corrected chi connectivity index (χ0v) is 15.7. The van der Waals surface area contributed by atoms with E-state index in [0.717, 1.165) is 0 Å². The summed E-state index contributed by atoms with van der Waals surface area (Å²) in [7, 11) is 0. The molecule has 1 fully saturated rings. The van der Waals surface area contributed by atoms with E-state index in [1.807, 2.05) is 6.07 Å². The molecule has 0 spiro atoms. The Morgan fingerprint density at radius 3 is 2.45 bits per heavy atom. The van der Waals surface area contributed by atoms with Crippen molar-refractivity contribution < 1.29 is 19.1 Å². The lowest BCUT2D eigenvalue weighted by Crippen LogP contribution is -2.44. The molecule has 1 aliphatic rings. The van der Waals surface area contributed by atoms with Crippen molar-refractivity contribution in [1.82, 2.24) is 9.88 Å². The maximum atomic E-state index is 13.1. The molecule has 1 aromatic heterocycles. The third-order valence-corrected chi connectivity index (χ3v) is 4.85. The lowest BCUT2D eigenvalue weighted by atomic mass is 10.1. The largest absolute Gasteiger partial charge is 0.443 e. The molecule has 29 heavy (non-hydrogen) atoms. The number of H-pyrrole nitrogens is 1. The number of aromatic nitrogens is 1. The maximum absolute atomic E-state index is 13.1. The van der Waals surface area contributed by atoms with Gasteiger partial charge in [-0.05, 0) is 17.5 Å². The van der Waals surface area contributed by atoms with Crippen molar-refractivity contribution in [1.29, 1.82) is 0 Å². The molecule has 2 heterocycles. The second-order valence-electron chi connectivity index (χ2n) is 6.73. The van der Waals surface area contributed by atoms with Gasteiger partial charge in [0, 0.05) is 24.0 Å². The molecule has 0 radical (unpaired) electrons. The number of ether oxygens (including phenoxy) is 2. The monoisotopic (exact) mass is 392 g/mol. The average molecular weight is 392 g/mol. The normalized spacial score (nSPS) is 15.1. The number of fused-ring (bicyclic) bond motifs is 1. The highest BCUT2D eigenvalue weighted by Gasteiger charge is 2.31. The van der Waals surface area contributed by atoms with E-state index in [0.29, 0.717) is 42.6 Å². The molecule has 1 unspecified atom stereocenters. The minimum absolute atomic E-state index is 0.00408. The summed E-state index contributed by atoms with van der Waals surface area (Å²) in [6.45, 7) is 1.76. The highest BCUT2D eigenvalue weighted by molar-refractivity contribution is 5.95. The van der Waals surface area contributed by atoms with Gasteiger partial charge >= 0.3 is 5.97 Å². The SMILES string of the molecule is O=C(OC(C(=O)N1CCOCC1)c1ccccc1)c1cc2ccccc2c(=O)[nH]1. The Morgan fingerprint density at radius 1 is 1.00 bits per heavy atom. The van der Waals surface area contributed by atoms with Gasteiger partial charge in [0.1, 0.15) is 5.69 Å². The van der Waals surface area contributed by atoms with Crippen LogP contribution in [0.4, 0.5) is 0 Å². The van der Waals surface area contributed by atoms with Crippen molar-refractivity contribution in [2.24, 2.45) is 0 Å². The first-order chi connectivity index (χ1) is 14.1. The van der Waals surface area contributed by atoms with E-state index in [1.54, 1.807) is 59.5 Å². The average Bonchev–Trinajstić information content (AvgIpc) is 2.78. The van der Waals surface area contributed by atoms with Crippen LogP contribution in [-0.2, 0) is 14.3 Å². The topological polar surface area (TPSA) is 88.7 Å². The van der Waals surface area contributed by atoms with Gasteiger partial charge in [-0.1, -0.05) is 48.5 Å². The number of pyridine rings is 1. The third kappa shape index (κ3) is 4.05. The molecular formula is C22H20N2O5. The van der Waals surface area contributed by atoms with Crippen molar-refractivity contribution in [3.8, 4) is 0 Å². The van der Waals surface area contributed by atoms with Crippen LogP contribution in [0.25, 0.3) is 10.8 Å². The molecule has 7 nitrogen and oxygen atoms in total. The van der Waals surface area contributed by atoms with Gasteiger partial charge in [0.2, 0.25) is 6.10 Å². The van der Waals surface area contributed by atoms with Gasteiger partial charge in [0.25, 0.3) is 11.5 Å². The predicted octanol–water partition coefficient (Wildman–Crippen LogP) is 2.28. The molecule has 1 aliphatic heterocycles. The molecule has 1 atom stereocenters. The summed E-state index contributed by atoms with van der Waals surface area (Å²) in [6.07, 6.45) is -1.10. The number of hydrogen-bond acceptors (Lipinski definition) is 5. The Kier molecular flexibility index (Phi) is 5.39. The molecule has 1 amide bonds. The molecule has 0 aliphatic carbocycles. The first-order valence-corrected chi connectivity index (χ1v) is 9.38. The number of amides is 1. The fourth-order valence-electron chi connectivity index (χ4n) is 3.33. The van der Waals surface area contributed by atoms with Crippen LogP contribution in [0, 0.1) is 0 Å². The Balaban J connectivity index is 1.64. The molecule has 0 saturated carbocycles. The third-order valence-electron chi connectivity index (χ3n) is 4.85. The minimum atomic E-state index is -1.10. The van der Waals surface area contributed by atoms with Crippen LogP contribution in [-0.4, -0.2) is 48.1 Å². The number of nitrogens with one attached hydrogen (secondary N) is 1. The van der Waals surface area contributed by atoms with Gasteiger partial charge in [-0.15, -0.1) is 0 Å². The standard InChI is InChI=1S/C22H20N2O5/c25-20-17-9-5-4-8-16(17)14-18(23-20)22(27)29-19(15-6-2-1-3-7-15)21(26)24-10-12-28-13-11-24/h1-9,14,19H,10-13H2,(H,23,25).